The minimum Gasteiger partial charge on any atom is -0.350 e. The predicted octanol–water partition coefficient (Wildman–Crippen LogP) is -0.584. The molecule has 1 rings (SSSR count). The van der Waals surface area contributed by atoms with E-state index in [2.05, 4.69) is 10.8 Å². The Kier molecular flexibility index (Phi) is 2.65. The van der Waals surface area contributed by atoms with Crippen LogP contribution in [0.1, 0.15) is 13.3 Å². The molecule has 0 unspecified atom stereocenters. The van der Waals surface area contributed by atoms with Gasteiger partial charge in [-0.3, -0.25) is 9.63 Å². The summed E-state index contributed by atoms with van der Waals surface area (Å²) in [6.07, 6.45) is 0.538. The van der Waals surface area contributed by atoms with Gasteiger partial charge in [0.2, 0.25) is 5.91 Å². The van der Waals surface area contributed by atoms with Gasteiger partial charge in [-0.05, 0) is 0 Å². The van der Waals surface area contributed by atoms with Crippen molar-refractivity contribution in [3.05, 3.63) is 0 Å². The summed E-state index contributed by atoms with van der Waals surface area (Å²) in [5.74, 6) is 0.0808. The Bertz CT molecular complexity index is 121. The second-order valence-electron chi connectivity index (χ2n) is 2.28. The Balaban J connectivity index is 2.17. The second kappa shape index (κ2) is 3.53. The third-order valence-electron chi connectivity index (χ3n) is 1.40. The summed E-state index contributed by atoms with van der Waals surface area (Å²) in [7, 11) is 0. The fourth-order valence-corrected chi connectivity index (χ4v) is 0.800. The van der Waals surface area contributed by atoms with Crippen molar-refractivity contribution in [1.29, 1.82) is 0 Å². The summed E-state index contributed by atoms with van der Waals surface area (Å²) >= 11 is 0. The molecule has 1 fully saturated rings. The normalized spacial score (nSPS) is 24.7. The molecule has 2 N–H and O–H groups in total. The molecule has 4 nitrogen and oxygen atoms in total. The molecule has 1 saturated heterocycles. The van der Waals surface area contributed by atoms with Gasteiger partial charge in [0.1, 0.15) is 0 Å². The molecule has 0 spiro atoms. The van der Waals surface area contributed by atoms with E-state index in [-0.39, 0.29) is 11.9 Å². The Labute approximate surface area is 59.9 Å². The number of amides is 1. The van der Waals surface area contributed by atoms with E-state index in [0.29, 0.717) is 19.6 Å². The van der Waals surface area contributed by atoms with E-state index in [1.807, 2.05) is 6.92 Å². The van der Waals surface area contributed by atoms with Crippen LogP contribution in [0.2, 0.25) is 0 Å². The van der Waals surface area contributed by atoms with E-state index < -0.39 is 0 Å². The maximum absolute atomic E-state index is 10.8. The summed E-state index contributed by atoms with van der Waals surface area (Å²) in [5.41, 5.74) is 2.69. The summed E-state index contributed by atoms with van der Waals surface area (Å²) in [6.45, 7) is 3.12. The number of rotatable bonds is 2. The molecule has 0 bridgehead atoms. The van der Waals surface area contributed by atoms with Crippen LogP contribution < -0.4 is 10.8 Å². The number of hydrogen-bond acceptors (Lipinski definition) is 3. The third kappa shape index (κ3) is 1.97. The van der Waals surface area contributed by atoms with Crippen LogP contribution in [0.4, 0.5) is 0 Å². The number of carbonyl (C=O) groups excluding carboxylic acids is 1. The SMILES string of the molecule is CCC(=O)N[C@H]1CNOC1. The molecule has 0 radical (unpaired) electrons. The monoisotopic (exact) mass is 144 g/mol. The average Bonchev–Trinajstić information content (AvgIpc) is 2.40. The molecular weight excluding hydrogens is 132 g/mol. The van der Waals surface area contributed by atoms with Crippen molar-refractivity contribution in [3.8, 4) is 0 Å². The molecule has 0 saturated carbocycles. The number of hydroxylamine groups is 1. The fraction of sp³-hybridized carbons (Fsp3) is 0.833. The number of carbonyl (C=O) groups is 1. The van der Waals surface area contributed by atoms with Gasteiger partial charge in [0, 0.05) is 13.0 Å². The van der Waals surface area contributed by atoms with Crippen LogP contribution in [0.3, 0.4) is 0 Å². The first-order chi connectivity index (χ1) is 4.83. The van der Waals surface area contributed by atoms with Crippen molar-refractivity contribution in [2.24, 2.45) is 0 Å². The lowest BCUT2D eigenvalue weighted by molar-refractivity contribution is -0.121. The van der Waals surface area contributed by atoms with Crippen molar-refractivity contribution in [2.75, 3.05) is 13.2 Å². The quantitative estimate of drug-likeness (QED) is 0.545. The summed E-state index contributed by atoms with van der Waals surface area (Å²) < 4.78 is 0. The van der Waals surface area contributed by atoms with Crippen LogP contribution in [0.15, 0.2) is 0 Å². The highest BCUT2D eigenvalue weighted by atomic mass is 16.7. The molecule has 4 heteroatoms. The lowest BCUT2D eigenvalue weighted by Gasteiger charge is -2.06. The molecule has 1 atom stereocenters. The maximum Gasteiger partial charge on any atom is 0.220 e. The van der Waals surface area contributed by atoms with E-state index in [9.17, 15) is 4.79 Å². The zero-order valence-electron chi connectivity index (χ0n) is 6.02. The van der Waals surface area contributed by atoms with Crippen molar-refractivity contribution in [3.63, 3.8) is 0 Å². The van der Waals surface area contributed by atoms with Gasteiger partial charge in [-0.1, -0.05) is 6.92 Å². The van der Waals surface area contributed by atoms with Crippen molar-refractivity contribution in [2.45, 2.75) is 19.4 Å². The molecule has 10 heavy (non-hydrogen) atoms. The smallest absolute Gasteiger partial charge is 0.220 e. The third-order valence-corrected chi connectivity index (χ3v) is 1.40. The van der Waals surface area contributed by atoms with Crippen molar-refractivity contribution >= 4 is 5.91 Å². The van der Waals surface area contributed by atoms with Gasteiger partial charge < -0.3 is 5.32 Å². The van der Waals surface area contributed by atoms with Gasteiger partial charge in [-0.15, -0.1) is 0 Å². The minimum atomic E-state index is 0.0808. The molecular formula is C6H12N2O2. The largest absolute Gasteiger partial charge is 0.350 e. The Morgan fingerprint density at radius 3 is 3.20 bits per heavy atom. The van der Waals surface area contributed by atoms with Crippen LogP contribution in [-0.2, 0) is 9.63 Å². The molecule has 58 valence electrons. The Morgan fingerprint density at radius 1 is 1.90 bits per heavy atom. The fourth-order valence-electron chi connectivity index (χ4n) is 0.800. The summed E-state index contributed by atoms with van der Waals surface area (Å²) in [6, 6.07) is 0.160. The van der Waals surface area contributed by atoms with Crippen LogP contribution in [0.5, 0.6) is 0 Å². The average molecular weight is 144 g/mol. The molecule has 1 heterocycles. The maximum atomic E-state index is 10.8. The van der Waals surface area contributed by atoms with Crippen LogP contribution in [0, 0.1) is 0 Å². The van der Waals surface area contributed by atoms with Gasteiger partial charge >= 0.3 is 0 Å². The van der Waals surface area contributed by atoms with E-state index >= 15 is 0 Å². The first-order valence-corrected chi connectivity index (χ1v) is 3.47. The lowest BCUT2D eigenvalue weighted by atomic mass is 10.3. The van der Waals surface area contributed by atoms with Gasteiger partial charge in [0.05, 0.1) is 12.6 Å². The van der Waals surface area contributed by atoms with Gasteiger partial charge in [0.15, 0.2) is 0 Å². The summed E-state index contributed by atoms with van der Waals surface area (Å²) in [5, 5.41) is 2.80. The first-order valence-electron chi connectivity index (χ1n) is 3.47. The zero-order valence-corrected chi connectivity index (χ0v) is 6.02. The van der Waals surface area contributed by atoms with Crippen molar-refractivity contribution in [1.82, 2.24) is 10.8 Å². The highest BCUT2D eigenvalue weighted by molar-refractivity contribution is 5.75. The summed E-state index contributed by atoms with van der Waals surface area (Å²) in [4.78, 5) is 15.6. The molecule has 0 aromatic rings. The highest BCUT2D eigenvalue weighted by Crippen LogP contribution is 1.91. The van der Waals surface area contributed by atoms with E-state index in [4.69, 9.17) is 4.84 Å². The molecule has 0 aromatic carbocycles. The van der Waals surface area contributed by atoms with Gasteiger partial charge in [-0.2, -0.15) is 0 Å². The number of nitrogens with one attached hydrogen (secondary N) is 2. The van der Waals surface area contributed by atoms with Crippen LogP contribution in [-0.4, -0.2) is 25.1 Å². The Hall–Kier alpha value is -0.610. The van der Waals surface area contributed by atoms with E-state index in [0.717, 1.165) is 0 Å². The Morgan fingerprint density at radius 2 is 2.70 bits per heavy atom. The van der Waals surface area contributed by atoms with E-state index in [1.54, 1.807) is 0 Å². The molecule has 0 aliphatic carbocycles. The zero-order chi connectivity index (χ0) is 7.40. The second-order valence-corrected chi connectivity index (χ2v) is 2.28. The molecule has 1 amide bonds. The minimum absolute atomic E-state index is 0.0808. The standard InChI is InChI=1S/C6H12N2O2/c1-2-6(9)8-5-3-7-10-4-5/h5,7H,2-4H2,1H3,(H,8,9)/t5-/m0/s1. The van der Waals surface area contributed by atoms with Gasteiger partial charge in [0.25, 0.3) is 0 Å². The van der Waals surface area contributed by atoms with Crippen LogP contribution >= 0.6 is 0 Å². The van der Waals surface area contributed by atoms with Gasteiger partial charge in [-0.25, -0.2) is 5.48 Å². The van der Waals surface area contributed by atoms with E-state index in [1.165, 1.54) is 0 Å². The number of hydrogen-bond donors (Lipinski definition) is 2. The molecule has 1 aliphatic heterocycles. The molecule has 1 aliphatic rings. The van der Waals surface area contributed by atoms with Crippen LogP contribution in [0.25, 0.3) is 0 Å². The highest BCUT2D eigenvalue weighted by Gasteiger charge is 2.16. The first kappa shape index (κ1) is 7.50. The predicted molar refractivity (Wildman–Crippen MR) is 36.2 cm³/mol. The van der Waals surface area contributed by atoms with Crippen molar-refractivity contribution < 1.29 is 9.63 Å². The topological polar surface area (TPSA) is 50.4 Å². The lowest BCUT2D eigenvalue weighted by Crippen LogP contribution is -2.37. The molecule has 0 aromatic heterocycles.